The second-order valence-corrected chi connectivity index (χ2v) is 5.45. The van der Waals surface area contributed by atoms with Crippen LogP contribution in [0.1, 0.15) is 17.5 Å². The summed E-state index contributed by atoms with van der Waals surface area (Å²) in [5, 5.41) is 0. The first kappa shape index (κ1) is 12.4. The Hall–Kier alpha value is -1.09. The fourth-order valence-electron chi connectivity index (χ4n) is 2.18. The van der Waals surface area contributed by atoms with Crippen LogP contribution in [0.4, 0.5) is 5.69 Å². The van der Waals surface area contributed by atoms with Gasteiger partial charge in [-0.25, -0.2) is 0 Å². The molecule has 1 heterocycles. The summed E-state index contributed by atoms with van der Waals surface area (Å²) in [7, 11) is 0. The number of nitrogens with zero attached hydrogens (tertiary/aromatic N) is 1. The summed E-state index contributed by atoms with van der Waals surface area (Å²) in [6, 6.07) is 4.14. The van der Waals surface area contributed by atoms with Crippen LogP contribution in [0, 0.1) is 19.8 Å². The molecule has 2 rings (SSSR count). The van der Waals surface area contributed by atoms with Crippen LogP contribution in [-0.2, 0) is 4.79 Å². The molecule has 0 aliphatic carbocycles. The SMILES string of the molecule is C=CC1CC(=O)N(c2cc(C)c(Br)cc2C)C1. The number of anilines is 1. The van der Waals surface area contributed by atoms with Crippen LogP contribution in [0.5, 0.6) is 0 Å². The molecule has 0 spiro atoms. The van der Waals surface area contributed by atoms with Gasteiger partial charge in [0.25, 0.3) is 0 Å². The first-order valence-electron chi connectivity index (χ1n) is 5.72. The summed E-state index contributed by atoms with van der Waals surface area (Å²) < 4.78 is 1.09. The van der Waals surface area contributed by atoms with Crippen molar-refractivity contribution in [2.24, 2.45) is 5.92 Å². The van der Waals surface area contributed by atoms with Gasteiger partial charge in [0.2, 0.25) is 5.91 Å². The molecule has 90 valence electrons. The Morgan fingerprint density at radius 1 is 1.41 bits per heavy atom. The molecule has 1 saturated heterocycles. The number of benzene rings is 1. The molecule has 0 saturated carbocycles. The van der Waals surface area contributed by atoms with Gasteiger partial charge < -0.3 is 4.90 Å². The van der Waals surface area contributed by atoms with Gasteiger partial charge in [0.15, 0.2) is 0 Å². The highest BCUT2D eigenvalue weighted by molar-refractivity contribution is 9.10. The lowest BCUT2D eigenvalue weighted by Crippen LogP contribution is -2.25. The van der Waals surface area contributed by atoms with Crippen LogP contribution < -0.4 is 4.90 Å². The molecular formula is C14H16BrNO. The van der Waals surface area contributed by atoms with Gasteiger partial charge in [-0.05, 0) is 37.1 Å². The number of aryl methyl sites for hydroxylation is 2. The van der Waals surface area contributed by atoms with E-state index in [1.165, 1.54) is 0 Å². The Balaban J connectivity index is 2.38. The molecule has 1 aliphatic heterocycles. The molecular weight excluding hydrogens is 278 g/mol. The standard InChI is InChI=1S/C14H16BrNO/c1-4-11-7-14(17)16(8-11)13-6-9(2)12(15)5-10(13)3/h4-6,11H,1,7-8H2,2-3H3. The molecule has 17 heavy (non-hydrogen) atoms. The highest BCUT2D eigenvalue weighted by atomic mass is 79.9. The van der Waals surface area contributed by atoms with Gasteiger partial charge in [-0.3, -0.25) is 4.79 Å². The van der Waals surface area contributed by atoms with Crippen molar-refractivity contribution in [2.75, 3.05) is 11.4 Å². The maximum Gasteiger partial charge on any atom is 0.227 e. The predicted molar refractivity (Wildman–Crippen MR) is 74.3 cm³/mol. The predicted octanol–water partition coefficient (Wildman–Crippen LogP) is 3.60. The average molecular weight is 294 g/mol. The largest absolute Gasteiger partial charge is 0.312 e. The number of hydrogen-bond donors (Lipinski definition) is 0. The number of rotatable bonds is 2. The van der Waals surface area contributed by atoms with E-state index in [0.717, 1.165) is 27.8 Å². The molecule has 0 radical (unpaired) electrons. The zero-order valence-electron chi connectivity index (χ0n) is 10.2. The molecule has 3 heteroatoms. The topological polar surface area (TPSA) is 20.3 Å². The van der Waals surface area contributed by atoms with Gasteiger partial charge >= 0.3 is 0 Å². The lowest BCUT2D eigenvalue weighted by atomic mass is 10.1. The van der Waals surface area contributed by atoms with E-state index in [-0.39, 0.29) is 11.8 Å². The molecule has 1 aromatic carbocycles. The minimum atomic E-state index is 0.194. The smallest absolute Gasteiger partial charge is 0.227 e. The van der Waals surface area contributed by atoms with Gasteiger partial charge in [-0.1, -0.05) is 22.0 Å². The summed E-state index contributed by atoms with van der Waals surface area (Å²) in [5.41, 5.74) is 3.31. The van der Waals surface area contributed by atoms with Crippen LogP contribution in [0.2, 0.25) is 0 Å². The molecule has 1 unspecified atom stereocenters. The van der Waals surface area contributed by atoms with Gasteiger partial charge in [0.1, 0.15) is 0 Å². The number of carbonyl (C=O) groups is 1. The van der Waals surface area contributed by atoms with E-state index in [9.17, 15) is 4.79 Å². The van der Waals surface area contributed by atoms with E-state index in [0.29, 0.717) is 6.42 Å². The fourth-order valence-corrected chi connectivity index (χ4v) is 2.64. The summed E-state index contributed by atoms with van der Waals surface area (Å²) in [6.45, 7) is 8.60. The van der Waals surface area contributed by atoms with Crippen LogP contribution >= 0.6 is 15.9 Å². The molecule has 0 bridgehead atoms. The molecule has 2 nitrogen and oxygen atoms in total. The van der Waals surface area contributed by atoms with Crippen molar-refractivity contribution in [3.8, 4) is 0 Å². The van der Waals surface area contributed by atoms with Crippen molar-refractivity contribution in [2.45, 2.75) is 20.3 Å². The fraction of sp³-hybridized carbons (Fsp3) is 0.357. The second kappa shape index (κ2) is 4.65. The summed E-state index contributed by atoms with van der Waals surface area (Å²) >= 11 is 3.51. The van der Waals surface area contributed by atoms with Crippen molar-refractivity contribution < 1.29 is 4.79 Å². The Bertz CT molecular complexity index is 481. The molecule has 1 fully saturated rings. The molecule has 1 aliphatic rings. The van der Waals surface area contributed by atoms with Gasteiger partial charge in [0, 0.05) is 29.0 Å². The monoisotopic (exact) mass is 293 g/mol. The number of halogens is 1. The van der Waals surface area contributed by atoms with E-state index >= 15 is 0 Å². The number of carbonyl (C=O) groups excluding carboxylic acids is 1. The van der Waals surface area contributed by atoms with E-state index in [1.807, 2.05) is 24.8 Å². The molecule has 0 N–H and O–H groups in total. The highest BCUT2D eigenvalue weighted by Crippen LogP contribution is 2.31. The first-order valence-corrected chi connectivity index (χ1v) is 6.52. The zero-order chi connectivity index (χ0) is 12.6. The minimum Gasteiger partial charge on any atom is -0.312 e. The van der Waals surface area contributed by atoms with Crippen molar-refractivity contribution in [3.05, 3.63) is 40.4 Å². The molecule has 1 aromatic rings. The van der Waals surface area contributed by atoms with Crippen LogP contribution in [0.3, 0.4) is 0 Å². The van der Waals surface area contributed by atoms with Gasteiger partial charge in [-0.15, -0.1) is 6.58 Å². The van der Waals surface area contributed by atoms with E-state index in [1.54, 1.807) is 0 Å². The van der Waals surface area contributed by atoms with Crippen LogP contribution in [0.15, 0.2) is 29.3 Å². The second-order valence-electron chi connectivity index (χ2n) is 4.59. The lowest BCUT2D eigenvalue weighted by Gasteiger charge is -2.20. The Morgan fingerprint density at radius 3 is 2.71 bits per heavy atom. The third-order valence-electron chi connectivity index (χ3n) is 3.26. The quantitative estimate of drug-likeness (QED) is 0.763. The van der Waals surface area contributed by atoms with E-state index in [2.05, 4.69) is 34.6 Å². The molecule has 0 aromatic heterocycles. The highest BCUT2D eigenvalue weighted by Gasteiger charge is 2.29. The molecule has 1 atom stereocenters. The Labute approximate surface area is 110 Å². The van der Waals surface area contributed by atoms with Gasteiger partial charge in [-0.2, -0.15) is 0 Å². The maximum absolute atomic E-state index is 12.0. The third-order valence-corrected chi connectivity index (χ3v) is 4.11. The van der Waals surface area contributed by atoms with E-state index < -0.39 is 0 Å². The van der Waals surface area contributed by atoms with Gasteiger partial charge in [0.05, 0.1) is 0 Å². The lowest BCUT2D eigenvalue weighted by molar-refractivity contribution is -0.117. The number of amides is 1. The summed E-state index contributed by atoms with van der Waals surface area (Å²) in [4.78, 5) is 13.8. The summed E-state index contributed by atoms with van der Waals surface area (Å²) in [5.74, 6) is 0.477. The Kier molecular flexibility index (Phi) is 3.38. The average Bonchev–Trinajstić information content (AvgIpc) is 2.65. The van der Waals surface area contributed by atoms with Crippen molar-refractivity contribution in [1.29, 1.82) is 0 Å². The minimum absolute atomic E-state index is 0.194. The normalized spacial score (nSPS) is 19.8. The van der Waals surface area contributed by atoms with E-state index in [4.69, 9.17) is 0 Å². The first-order chi connectivity index (χ1) is 8.02. The van der Waals surface area contributed by atoms with Crippen molar-refractivity contribution >= 4 is 27.5 Å². The van der Waals surface area contributed by atoms with Crippen molar-refractivity contribution in [1.82, 2.24) is 0 Å². The van der Waals surface area contributed by atoms with Crippen LogP contribution in [-0.4, -0.2) is 12.5 Å². The third kappa shape index (κ3) is 2.29. The Morgan fingerprint density at radius 2 is 2.12 bits per heavy atom. The maximum atomic E-state index is 12.0. The number of hydrogen-bond acceptors (Lipinski definition) is 1. The van der Waals surface area contributed by atoms with Crippen LogP contribution in [0.25, 0.3) is 0 Å². The van der Waals surface area contributed by atoms with Crippen molar-refractivity contribution in [3.63, 3.8) is 0 Å². The molecule has 1 amide bonds. The zero-order valence-corrected chi connectivity index (χ0v) is 11.8. The summed E-state index contributed by atoms with van der Waals surface area (Å²) in [6.07, 6.45) is 2.46.